The van der Waals surface area contributed by atoms with Crippen LogP contribution in [0, 0.1) is 5.82 Å². The van der Waals surface area contributed by atoms with Crippen LogP contribution >= 0.6 is 0 Å². The molecule has 0 aliphatic heterocycles. The van der Waals surface area contributed by atoms with Crippen LogP contribution in [0.3, 0.4) is 0 Å². The Balaban J connectivity index is 2.40. The van der Waals surface area contributed by atoms with Crippen molar-refractivity contribution < 1.29 is 13.9 Å². The van der Waals surface area contributed by atoms with E-state index in [9.17, 15) is 9.18 Å². The van der Waals surface area contributed by atoms with Gasteiger partial charge in [-0.2, -0.15) is 5.10 Å². The van der Waals surface area contributed by atoms with Gasteiger partial charge >= 0.3 is 0 Å². The minimum atomic E-state index is -0.488. The highest BCUT2D eigenvalue weighted by atomic mass is 19.1. The van der Waals surface area contributed by atoms with Crippen LogP contribution in [-0.2, 0) is 6.54 Å². The zero-order chi connectivity index (χ0) is 13.1. The summed E-state index contributed by atoms with van der Waals surface area (Å²) in [6.07, 6.45) is 1.57. The van der Waals surface area contributed by atoms with Crippen LogP contribution in [0.15, 0.2) is 30.5 Å². The lowest BCUT2D eigenvalue weighted by Gasteiger charge is -2.06. The molecule has 0 N–H and O–H groups in total. The molecule has 0 unspecified atom stereocenters. The zero-order valence-corrected chi connectivity index (χ0v) is 10.2. The smallest absolute Gasteiger partial charge is 0.211 e. The van der Waals surface area contributed by atoms with Gasteiger partial charge < -0.3 is 4.74 Å². The second-order valence-corrected chi connectivity index (χ2v) is 3.71. The molecule has 0 aliphatic rings. The number of benzene rings is 1. The molecule has 0 saturated carbocycles. The molecule has 0 atom stereocenters. The van der Waals surface area contributed by atoms with Crippen molar-refractivity contribution in [2.45, 2.75) is 13.5 Å². The topological polar surface area (TPSA) is 44.1 Å². The van der Waals surface area contributed by atoms with E-state index >= 15 is 0 Å². The number of nitrogens with zero attached hydrogens (tertiary/aromatic N) is 2. The fourth-order valence-electron chi connectivity index (χ4n) is 1.73. The van der Waals surface area contributed by atoms with Crippen LogP contribution in [0.4, 0.5) is 4.39 Å². The number of ketones is 1. The Hall–Kier alpha value is -2.17. The van der Waals surface area contributed by atoms with E-state index in [0.717, 1.165) is 0 Å². The average molecular weight is 248 g/mol. The van der Waals surface area contributed by atoms with Gasteiger partial charge in [-0.3, -0.25) is 9.48 Å². The summed E-state index contributed by atoms with van der Waals surface area (Å²) in [5.41, 5.74) is 0.856. The molecule has 1 aromatic carbocycles. The van der Waals surface area contributed by atoms with E-state index in [-0.39, 0.29) is 11.5 Å². The Labute approximate surface area is 104 Å². The highest BCUT2D eigenvalue weighted by Crippen LogP contribution is 2.20. The summed E-state index contributed by atoms with van der Waals surface area (Å²) in [6.45, 7) is 2.50. The lowest BCUT2D eigenvalue weighted by Crippen LogP contribution is -2.10. The van der Waals surface area contributed by atoms with Gasteiger partial charge in [-0.1, -0.05) is 0 Å². The minimum absolute atomic E-state index is 0.0587. The van der Waals surface area contributed by atoms with E-state index in [2.05, 4.69) is 5.10 Å². The van der Waals surface area contributed by atoms with Crippen molar-refractivity contribution in [1.82, 2.24) is 9.78 Å². The van der Waals surface area contributed by atoms with Crippen LogP contribution in [0.1, 0.15) is 23.0 Å². The lowest BCUT2D eigenvalue weighted by molar-refractivity contribution is 0.102. The molecule has 4 nitrogen and oxygen atoms in total. The van der Waals surface area contributed by atoms with E-state index < -0.39 is 5.82 Å². The number of aromatic nitrogens is 2. The third-order valence-electron chi connectivity index (χ3n) is 2.66. The second-order valence-electron chi connectivity index (χ2n) is 3.71. The van der Waals surface area contributed by atoms with Crippen molar-refractivity contribution in [3.8, 4) is 5.75 Å². The summed E-state index contributed by atoms with van der Waals surface area (Å²) in [5.74, 6) is -0.630. The number of carbonyl (C=O) groups is 1. The third-order valence-corrected chi connectivity index (χ3v) is 2.66. The van der Waals surface area contributed by atoms with Gasteiger partial charge in [-0.15, -0.1) is 0 Å². The monoisotopic (exact) mass is 248 g/mol. The largest absolute Gasteiger partial charge is 0.494 e. The number of aryl methyl sites for hydroxylation is 1. The minimum Gasteiger partial charge on any atom is -0.494 e. The number of hydrogen-bond acceptors (Lipinski definition) is 3. The first kappa shape index (κ1) is 12.3. The zero-order valence-electron chi connectivity index (χ0n) is 10.2. The summed E-state index contributed by atoms with van der Waals surface area (Å²) in [6, 6.07) is 5.69. The standard InChI is InChI=1S/C13H13FN2O2/c1-3-16-11(6-7-15-16)13(17)9-4-5-10(14)12(8-9)18-2/h4-8H,3H2,1-2H3. The summed E-state index contributed by atoms with van der Waals surface area (Å²) in [4.78, 5) is 12.2. The first-order chi connectivity index (χ1) is 8.67. The molecule has 0 spiro atoms. The van der Waals surface area contributed by atoms with Gasteiger partial charge in [0.15, 0.2) is 11.6 Å². The van der Waals surface area contributed by atoms with Gasteiger partial charge in [0.05, 0.1) is 7.11 Å². The van der Waals surface area contributed by atoms with Crippen molar-refractivity contribution in [2.75, 3.05) is 7.11 Å². The van der Waals surface area contributed by atoms with Crippen molar-refractivity contribution in [3.05, 3.63) is 47.5 Å². The predicted octanol–water partition coefficient (Wildman–Crippen LogP) is 2.28. The molecular formula is C13H13FN2O2. The van der Waals surface area contributed by atoms with Crippen molar-refractivity contribution >= 4 is 5.78 Å². The number of hydrogen-bond donors (Lipinski definition) is 0. The molecule has 0 amide bonds. The lowest BCUT2D eigenvalue weighted by atomic mass is 10.1. The predicted molar refractivity (Wildman–Crippen MR) is 64.3 cm³/mol. The summed E-state index contributed by atoms with van der Waals surface area (Å²) < 4.78 is 19.7. The van der Waals surface area contributed by atoms with Gasteiger partial charge in [-0.25, -0.2) is 4.39 Å². The van der Waals surface area contributed by atoms with E-state index in [1.54, 1.807) is 16.9 Å². The third kappa shape index (κ3) is 2.11. The second kappa shape index (κ2) is 5.00. The van der Waals surface area contributed by atoms with Gasteiger partial charge in [-0.05, 0) is 31.2 Å². The molecule has 0 bridgehead atoms. The first-order valence-electron chi connectivity index (χ1n) is 5.57. The molecule has 1 heterocycles. The van der Waals surface area contributed by atoms with E-state index in [1.165, 1.54) is 25.3 Å². The van der Waals surface area contributed by atoms with Crippen molar-refractivity contribution in [2.24, 2.45) is 0 Å². The van der Waals surface area contributed by atoms with Crippen LogP contribution in [0.25, 0.3) is 0 Å². The number of halogens is 1. The van der Waals surface area contributed by atoms with E-state index in [1.807, 2.05) is 6.92 Å². The van der Waals surface area contributed by atoms with Crippen LogP contribution in [0.5, 0.6) is 5.75 Å². The summed E-state index contributed by atoms with van der Waals surface area (Å²) in [7, 11) is 1.36. The average Bonchev–Trinajstić information content (AvgIpc) is 2.86. The molecular weight excluding hydrogens is 235 g/mol. The number of carbonyl (C=O) groups excluding carboxylic acids is 1. The maximum absolute atomic E-state index is 13.3. The Kier molecular flexibility index (Phi) is 3.41. The summed E-state index contributed by atoms with van der Waals surface area (Å²) in [5, 5.41) is 4.03. The molecule has 94 valence electrons. The molecule has 0 fully saturated rings. The summed E-state index contributed by atoms with van der Waals surface area (Å²) >= 11 is 0. The SMILES string of the molecule is CCn1nccc1C(=O)c1ccc(F)c(OC)c1. The Morgan fingerprint density at radius 3 is 2.89 bits per heavy atom. The molecule has 5 heteroatoms. The fraction of sp³-hybridized carbons (Fsp3) is 0.231. The molecule has 2 rings (SSSR count). The molecule has 1 aromatic heterocycles. The van der Waals surface area contributed by atoms with Crippen molar-refractivity contribution in [1.29, 1.82) is 0 Å². The van der Waals surface area contributed by atoms with E-state index in [4.69, 9.17) is 4.74 Å². The van der Waals surface area contributed by atoms with Crippen LogP contribution in [-0.4, -0.2) is 22.7 Å². The Bertz CT molecular complexity index is 578. The molecule has 2 aromatic rings. The number of ether oxygens (including phenoxy) is 1. The highest BCUT2D eigenvalue weighted by Gasteiger charge is 2.15. The molecule has 0 radical (unpaired) electrons. The quantitative estimate of drug-likeness (QED) is 0.780. The van der Waals surface area contributed by atoms with Gasteiger partial charge in [0, 0.05) is 18.3 Å². The number of methoxy groups -OCH3 is 1. The Morgan fingerprint density at radius 2 is 2.22 bits per heavy atom. The normalized spacial score (nSPS) is 10.4. The first-order valence-corrected chi connectivity index (χ1v) is 5.57. The van der Waals surface area contributed by atoms with Gasteiger partial charge in [0.25, 0.3) is 0 Å². The Morgan fingerprint density at radius 1 is 1.44 bits per heavy atom. The maximum Gasteiger partial charge on any atom is 0.211 e. The number of rotatable bonds is 4. The highest BCUT2D eigenvalue weighted by molar-refractivity contribution is 6.08. The molecule has 0 saturated heterocycles. The van der Waals surface area contributed by atoms with Gasteiger partial charge in [0.2, 0.25) is 5.78 Å². The fourth-order valence-corrected chi connectivity index (χ4v) is 1.73. The van der Waals surface area contributed by atoms with E-state index in [0.29, 0.717) is 17.8 Å². The van der Waals surface area contributed by atoms with Crippen molar-refractivity contribution in [3.63, 3.8) is 0 Å². The van der Waals surface area contributed by atoms with Gasteiger partial charge in [0.1, 0.15) is 5.69 Å². The molecule has 18 heavy (non-hydrogen) atoms. The van der Waals surface area contributed by atoms with Crippen LogP contribution in [0.2, 0.25) is 0 Å². The molecule has 0 aliphatic carbocycles. The maximum atomic E-state index is 13.3. The van der Waals surface area contributed by atoms with Crippen LogP contribution < -0.4 is 4.74 Å².